The molecule has 0 aliphatic carbocycles. The van der Waals surface area contributed by atoms with Gasteiger partial charge < -0.3 is 35.3 Å². The molecule has 0 radical (unpaired) electrons. The van der Waals surface area contributed by atoms with E-state index in [1.807, 2.05) is 31.2 Å². The van der Waals surface area contributed by atoms with Crippen molar-refractivity contribution in [3.63, 3.8) is 0 Å². The first-order valence-corrected chi connectivity index (χ1v) is 12.9. The smallest absolute Gasteiger partial charge is 0.263 e. The van der Waals surface area contributed by atoms with Crippen molar-refractivity contribution in [3.8, 4) is 5.88 Å². The highest BCUT2D eigenvalue weighted by Crippen LogP contribution is 2.34. The number of pyridine rings is 2. The number of benzene rings is 1. The first-order valence-electron chi connectivity index (χ1n) is 12.9. The number of amides is 1. The number of carbonyl (C=O) groups excluding carboxylic acids is 1. The molecule has 3 aliphatic heterocycles. The number of anilines is 5. The van der Waals surface area contributed by atoms with Crippen molar-refractivity contribution in [2.75, 3.05) is 73.4 Å². The highest BCUT2D eigenvalue weighted by atomic mass is 16.5. The highest BCUT2D eigenvalue weighted by Gasteiger charge is 2.29. The van der Waals surface area contributed by atoms with E-state index in [2.05, 4.69) is 35.7 Å². The molecule has 0 spiro atoms. The molecule has 2 saturated heterocycles. The number of aromatic nitrogens is 2. The number of piperazine rings is 1. The molecule has 0 saturated carbocycles. The van der Waals surface area contributed by atoms with Crippen molar-refractivity contribution in [1.82, 2.24) is 14.9 Å². The van der Waals surface area contributed by atoms with Crippen LogP contribution in [0.3, 0.4) is 0 Å². The van der Waals surface area contributed by atoms with Gasteiger partial charge in [-0.25, -0.2) is 4.98 Å². The topological polar surface area (TPSA) is 124 Å². The minimum absolute atomic E-state index is 0.00803. The Labute approximate surface area is 220 Å². The third-order valence-electron chi connectivity index (χ3n) is 7.33. The van der Waals surface area contributed by atoms with Crippen LogP contribution in [0.1, 0.15) is 15.9 Å². The minimum Gasteiger partial charge on any atom is -0.474 e. The monoisotopic (exact) mass is 517 g/mol. The summed E-state index contributed by atoms with van der Waals surface area (Å²) in [5.74, 6) is 0.0423. The van der Waals surface area contributed by atoms with Crippen LogP contribution in [0.25, 0.3) is 0 Å². The maximum atomic E-state index is 13.3. The van der Waals surface area contributed by atoms with E-state index in [9.17, 15) is 9.59 Å². The van der Waals surface area contributed by atoms with Crippen molar-refractivity contribution < 1.29 is 14.3 Å². The molecule has 11 heteroatoms. The van der Waals surface area contributed by atoms with Crippen LogP contribution in [-0.2, 0) is 4.74 Å². The highest BCUT2D eigenvalue weighted by molar-refractivity contribution is 6.08. The van der Waals surface area contributed by atoms with Gasteiger partial charge in [-0.3, -0.25) is 14.5 Å². The molecule has 2 fully saturated rings. The van der Waals surface area contributed by atoms with E-state index < -0.39 is 11.5 Å². The zero-order chi connectivity index (χ0) is 26.1. The zero-order valence-electron chi connectivity index (χ0n) is 21.3. The number of rotatable bonds is 5. The first kappa shape index (κ1) is 24.3. The van der Waals surface area contributed by atoms with E-state index in [1.165, 1.54) is 6.20 Å². The molecule has 1 aromatic carbocycles. The first-order chi connectivity index (χ1) is 18.6. The van der Waals surface area contributed by atoms with Gasteiger partial charge in [0.05, 0.1) is 36.8 Å². The number of aromatic amines is 1. The molecule has 3 aromatic rings. The van der Waals surface area contributed by atoms with E-state index in [4.69, 9.17) is 9.47 Å². The Hall–Kier alpha value is -4.09. The maximum Gasteiger partial charge on any atom is 0.263 e. The Balaban J connectivity index is 1.17. The van der Waals surface area contributed by atoms with Crippen LogP contribution in [0.5, 0.6) is 5.88 Å². The van der Waals surface area contributed by atoms with Gasteiger partial charge in [-0.1, -0.05) is 0 Å². The van der Waals surface area contributed by atoms with Crippen molar-refractivity contribution in [3.05, 3.63) is 64.2 Å². The van der Waals surface area contributed by atoms with Crippen molar-refractivity contribution in [1.29, 1.82) is 0 Å². The number of morpholine rings is 1. The summed E-state index contributed by atoms with van der Waals surface area (Å²) in [5.41, 5.74) is 3.97. The minimum atomic E-state index is -0.500. The summed E-state index contributed by atoms with van der Waals surface area (Å²) in [6.45, 7) is 8.61. The summed E-state index contributed by atoms with van der Waals surface area (Å²) in [6, 6.07) is 9.80. The van der Waals surface area contributed by atoms with Crippen LogP contribution in [0, 0.1) is 6.92 Å². The van der Waals surface area contributed by atoms with E-state index in [0.717, 1.165) is 56.3 Å². The molecule has 1 atom stereocenters. The molecule has 0 bridgehead atoms. The van der Waals surface area contributed by atoms with Gasteiger partial charge in [-0.05, 0) is 37.3 Å². The van der Waals surface area contributed by atoms with E-state index >= 15 is 0 Å². The van der Waals surface area contributed by atoms with E-state index in [1.54, 1.807) is 12.3 Å². The predicted molar refractivity (Wildman–Crippen MR) is 146 cm³/mol. The van der Waals surface area contributed by atoms with Crippen LogP contribution >= 0.6 is 0 Å². The molecule has 6 rings (SSSR count). The van der Waals surface area contributed by atoms with Gasteiger partial charge in [-0.2, -0.15) is 0 Å². The summed E-state index contributed by atoms with van der Waals surface area (Å²) in [4.78, 5) is 37.8. The van der Waals surface area contributed by atoms with Crippen LogP contribution < -0.4 is 31.1 Å². The van der Waals surface area contributed by atoms with Crippen molar-refractivity contribution in [2.24, 2.45) is 0 Å². The lowest BCUT2D eigenvalue weighted by molar-refractivity contribution is -0.0116. The summed E-state index contributed by atoms with van der Waals surface area (Å²) < 4.78 is 11.3. The van der Waals surface area contributed by atoms with Crippen LogP contribution in [0.2, 0.25) is 0 Å². The third kappa shape index (κ3) is 4.77. The Bertz CT molecular complexity index is 1390. The van der Waals surface area contributed by atoms with Gasteiger partial charge in [0.1, 0.15) is 17.9 Å². The van der Waals surface area contributed by atoms with Gasteiger partial charge in [0.2, 0.25) is 5.88 Å². The molecule has 1 unspecified atom stereocenters. The summed E-state index contributed by atoms with van der Waals surface area (Å²) in [5, 5.41) is 9.38. The maximum absolute atomic E-state index is 13.3. The fourth-order valence-corrected chi connectivity index (χ4v) is 5.23. The normalized spacial score (nSPS) is 19.0. The Morgan fingerprint density at radius 3 is 2.84 bits per heavy atom. The van der Waals surface area contributed by atoms with Gasteiger partial charge in [0.15, 0.2) is 0 Å². The second-order valence-electron chi connectivity index (χ2n) is 9.68. The molecular weight excluding hydrogens is 486 g/mol. The lowest BCUT2D eigenvalue weighted by Gasteiger charge is -2.44. The molecule has 2 aromatic heterocycles. The number of ether oxygens (including phenoxy) is 2. The van der Waals surface area contributed by atoms with E-state index in [-0.39, 0.29) is 5.56 Å². The lowest BCUT2D eigenvalue weighted by Crippen LogP contribution is -2.58. The largest absolute Gasteiger partial charge is 0.474 e. The lowest BCUT2D eigenvalue weighted by atomic mass is 10.1. The van der Waals surface area contributed by atoms with Gasteiger partial charge in [0, 0.05) is 55.9 Å². The summed E-state index contributed by atoms with van der Waals surface area (Å²) in [7, 11) is 0. The average Bonchev–Trinajstić information content (AvgIpc) is 2.95. The third-order valence-corrected chi connectivity index (χ3v) is 7.33. The molecular formula is C27H31N7O4. The van der Waals surface area contributed by atoms with Crippen molar-refractivity contribution in [2.45, 2.75) is 13.0 Å². The SMILES string of the molecule is Cc1c(Nc2cc[nH]c(=O)c2C(=O)Nc2ccc(N3CCN4CCOCC4C3)cc2)cnc2c1NCCO2. The quantitative estimate of drug-likeness (QED) is 0.404. The van der Waals surface area contributed by atoms with Gasteiger partial charge in [-0.15, -0.1) is 0 Å². The number of hydrogen-bond donors (Lipinski definition) is 4. The number of carbonyl (C=O) groups is 1. The standard InChI is InChI=1S/C27H31N7O4/c1-17-22(14-30-27-24(17)28-8-12-38-27)32-21-6-7-29-25(35)23(21)26(36)31-18-2-4-19(5-3-18)34-10-9-33-11-13-37-16-20(33)15-34/h2-7,14,20,28H,8-13,15-16H2,1H3,(H,31,36)(H2,29,32,35). The predicted octanol–water partition coefficient (Wildman–Crippen LogP) is 2.40. The number of nitrogens with one attached hydrogen (secondary N) is 4. The molecule has 5 heterocycles. The zero-order valence-corrected chi connectivity index (χ0v) is 21.3. The Morgan fingerprint density at radius 1 is 1.11 bits per heavy atom. The van der Waals surface area contributed by atoms with Crippen molar-refractivity contribution >= 4 is 34.3 Å². The fraction of sp³-hybridized carbons (Fsp3) is 0.370. The van der Waals surface area contributed by atoms with Crippen LogP contribution in [0.15, 0.2) is 47.5 Å². The Kier molecular flexibility index (Phi) is 6.61. The van der Waals surface area contributed by atoms with Crippen LogP contribution in [-0.4, -0.2) is 79.4 Å². The summed E-state index contributed by atoms with van der Waals surface area (Å²) >= 11 is 0. The second kappa shape index (κ2) is 10.3. The molecule has 198 valence electrons. The number of H-pyrrole nitrogens is 1. The number of hydrogen-bond acceptors (Lipinski definition) is 9. The second-order valence-corrected chi connectivity index (χ2v) is 9.68. The Morgan fingerprint density at radius 2 is 1.97 bits per heavy atom. The average molecular weight is 518 g/mol. The molecule has 38 heavy (non-hydrogen) atoms. The number of nitrogens with zero attached hydrogens (tertiary/aromatic N) is 3. The number of fused-ring (bicyclic) bond motifs is 2. The van der Waals surface area contributed by atoms with Gasteiger partial charge in [0.25, 0.3) is 11.5 Å². The van der Waals surface area contributed by atoms with E-state index in [0.29, 0.717) is 42.1 Å². The fourth-order valence-electron chi connectivity index (χ4n) is 5.23. The molecule has 4 N–H and O–H groups in total. The molecule has 1 amide bonds. The molecule has 11 nitrogen and oxygen atoms in total. The summed E-state index contributed by atoms with van der Waals surface area (Å²) in [6.07, 6.45) is 3.15. The molecule has 3 aliphatic rings. The van der Waals surface area contributed by atoms with Gasteiger partial charge >= 0.3 is 0 Å². The van der Waals surface area contributed by atoms with Crippen LogP contribution in [0.4, 0.5) is 28.4 Å².